The van der Waals surface area contributed by atoms with Crippen LogP contribution in [0.5, 0.6) is 5.75 Å². The number of halogens is 1. The minimum atomic E-state index is 0.385. The van der Waals surface area contributed by atoms with Crippen LogP contribution in [0.2, 0.25) is 0 Å². The molecule has 0 unspecified atom stereocenters. The largest absolute Gasteiger partial charge is 0.481 e. The van der Waals surface area contributed by atoms with Gasteiger partial charge in [0, 0.05) is 22.1 Å². The Kier molecular flexibility index (Phi) is 6.33. The van der Waals surface area contributed by atoms with Crippen LogP contribution in [-0.2, 0) is 6.54 Å². The van der Waals surface area contributed by atoms with Crippen LogP contribution in [0.15, 0.2) is 53.0 Å². The normalized spacial score (nSPS) is 9.81. The van der Waals surface area contributed by atoms with Crippen LogP contribution < -0.4 is 10.1 Å². The molecule has 0 atom stereocenters. The Labute approximate surface area is 134 Å². The van der Waals surface area contributed by atoms with Crippen LogP contribution in [0.4, 0.5) is 0 Å². The molecular formula is C18H18BrNO. The van der Waals surface area contributed by atoms with Crippen molar-refractivity contribution in [1.82, 2.24) is 5.32 Å². The highest BCUT2D eigenvalue weighted by molar-refractivity contribution is 9.10. The molecule has 1 N–H and O–H groups in total. The van der Waals surface area contributed by atoms with Gasteiger partial charge < -0.3 is 10.1 Å². The van der Waals surface area contributed by atoms with Crippen molar-refractivity contribution in [2.45, 2.75) is 13.5 Å². The van der Waals surface area contributed by atoms with Gasteiger partial charge in [-0.3, -0.25) is 0 Å². The van der Waals surface area contributed by atoms with Gasteiger partial charge in [-0.25, -0.2) is 0 Å². The smallest absolute Gasteiger partial charge is 0.149 e. The second-order valence-corrected chi connectivity index (χ2v) is 5.40. The summed E-state index contributed by atoms with van der Waals surface area (Å²) in [4.78, 5) is 0. The SMILES string of the molecule is CCNCc1cc(Br)ccc1OCC#Cc1ccccc1. The van der Waals surface area contributed by atoms with Crippen molar-refractivity contribution in [3.8, 4) is 17.6 Å². The molecule has 2 aromatic rings. The van der Waals surface area contributed by atoms with Crippen LogP contribution >= 0.6 is 15.9 Å². The Bertz CT molecular complexity index is 629. The fourth-order valence-electron chi connectivity index (χ4n) is 1.86. The summed E-state index contributed by atoms with van der Waals surface area (Å²) < 4.78 is 6.83. The third-order valence-corrected chi connectivity index (χ3v) is 3.39. The fraction of sp³-hybridized carbons (Fsp3) is 0.222. The summed E-state index contributed by atoms with van der Waals surface area (Å²) in [5.74, 6) is 7.01. The fourth-order valence-corrected chi connectivity index (χ4v) is 2.27. The van der Waals surface area contributed by atoms with E-state index in [0.717, 1.165) is 34.4 Å². The van der Waals surface area contributed by atoms with E-state index in [9.17, 15) is 0 Å². The number of nitrogens with one attached hydrogen (secondary N) is 1. The molecule has 3 heteroatoms. The summed E-state index contributed by atoms with van der Waals surface area (Å²) in [6, 6.07) is 15.9. The summed E-state index contributed by atoms with van der Waals surface area (Å²) >= 11 is 3.49. The molecule has 0 aromatic heterocycles. The second kappa shape index (κ2) is 8.51. The molecular weight excluding hydrogens is 326 g/mol. The summed E-state index contributed by atoms with van der Waals surface area (Å²) in [5.41, 5.74) is 2.14. The highest BCUT2D eigenvalue weighted by Gasteiger charge is 2.03. The third-order valence-electron chi connectivity index (χ3n) is 2.89. The van der Waals surface area contributed by atoms with E-state index in [0.29, 0.717) is 6.61 Å². The van der Waals surface area contributed by atoms with Gasteiger partial charge >= 0.3 is 0 Å². The highest BCUT2D eigenvalue weighted by atomic mass is 79.9. The molecule has 0 radical (unpaired) electrons. The minimum Gasteiger partial charge on any atom is -0.481 e. The molecule has 0 aliphatic rings. The summed E-state index contributed by atoms with van der Waals surface area (Å²) in [6.07, 6.45) is 0. The average Bonchev–Trinajstić information content (AvgIpc) is 2.52. The number of benzene rings is 2. The van der Waals surface area contributed by atoms with Crippen LogP contribution in [0.25, 0.3) is 0 Å². The predicted molar refractivity (Wildman–Crippen MR) is 90.3 cm³/mol. The lowest BCUT2D eigenvalue weighted by atomic mass is 10.2. The van der Waals surface area contributed by atoms with Gasteiger partial charge in [0.1, 0.15) is 12.4 Å². The van der Waals surface area contributed by atoms with Gasteiger partial charge in [-0.2, -0.15) is 0 Å². The first-order valence-electron chi connectivity index (χ1n) is 6.95. The Morgan fingerprint density at radius 2 is 1.95 bits per heavy atom. The molecule has 0 aliphatic heterocycles. The van der Waals surface area contributed by atoms with Gasteiger partial charge in [0.2, 0.25) is 0 Å². The lowest BCUT2D eigenvalue weighted by molar-refractivity contribution is 0.364. The Balaban J connectivity index is 1.98. The van der Waals surface area contributed by atoms with Crippen LogP contribution in [-0.4, -0.2) is 13.2 Å². The molecule has 0 aliphatic carbocycles. The number of hydrogen-bond acceptors (Lipinski definition) is 2. The minimum absolute atomic E-state index is 0.385. The van der Waals surface area contributed by atoms with Gasteiger partial charge in [-0.1, -0.05) is 52.9 Å². The maximum absolute atomic E-state index is 5.78. The van der Waals surface area contributed by atoms with Crippen molar-refractivity contribution in [3.05, 3.63) is 64.1 Å². The molecule has 0 bridgehead atoms. The van der Waals surface area contributed by atoms with Crippen LogP contribution in [0, 0.1) is 11.8 Å². The zero-order valence-corrected chi connectivity index (χ0v) is 13.6. The molecule has 0 heterocycles. The predicted octanol–water partition coefficient (Wildman–Crippen LogP) is 3.99. The molecule has 21 heavy (non-hydrogen) atoms. The summed E-state index contributed by atoms with van der Waals surface area (Å²) in [5, 5.41) is 3.31. The van der Waals surface area contributed by atoms with Gasteiger partial charge in [-0.05, 0) is 36.9 Å². The quantitative estimate of drug-likeness (QED) is 0.828. The van der Waals surface area contributed by atoms with Crippen molar-refractivity contribution < 1.29 is 4.74 Å². The Morgan fingerprint density at radius 1 is 1.14 bits per heavy atom. The van der Waals surface area contributed by atoms with Crippen LogP contribution in [0.3, 0.4) is 0 Å². The molecule has 0 saturated carbocycles. The van der Waals surface area contributed by atoms with Crippen molar-refractivity contribution in [2.75, 3.05) is 13.2 Å². The van der Waals surface area contributed by atoms with Crippen LogP contribution in [0.1, 0.15) is 18.1 Å². The maximum atomic E-state index is 5.78. The van der Waals surface area contributed by atoms with Crippen molar-refractivity contribution in [3.63, 3.8) is 0 Å². The monoisotopic (exact) mass is 343 g/mol. The van der Waals surface area contributed by atoms with E-state index >= 15 is 0 Å². The number of ether oxygens (including phenoxy) is 1. The van der Waals surface area contributed by atoms with Gasteiger partial charge in [-0.15, -0.1) is 0 Å². The van der Waals surface area contributed by atoms with E-state index < -0.39 is 0 Å². The Hall–Kier alpha value is -1.76. The summed E-state index contributed by atoms with van der Waals surface area (Å²) in [7, 11) is 0. The second-order valence-electron chi connectivity index (χ2n) is 4.49. The first-order valence-corrected chi connectivity index (χ1v) is 7.74. The van der Waals surface area contributed by atoms with Gasteiger partial charge in [0.25, 0.3) is 0 Å². The maximum Gasteiger partial charge on any atom is 0.149 e. The number of hydrogen-bond donors (Lipinski definition) is 1. The third kappa shape index (κ3) is 5.26. The van der Waals surface area contributed by atoms with E-state index in [1.807, 2.05) is 42.5 Å². The lowest BCUT2D eigenvalue weighted by Gasteiger charge is -2.10. The average molecular weight is 344 g/mol. The standard InChI is InChI=1S/C18H18BrNO/c1-2-20-14-16-13-17(19)10-11-18(16)21-12-6-9-15-7-4-3-5-8-15/h3-5,7-8,10-11,13,20H,2,12,14H2,1H3. The zero-order valence-electron chi connectivity index (χ0n) is 12.0. The molecule has 0 saturated heterocycles. The van der Waals surface area contributed by atoms with Crippen molar-refractivity contribution in [1.29, 1.82) is 0 Å². The molecule has 0 spiro atoms. The van der Waals surface area contributed by atoms with Gasteiger partial charge in [0.15, 0.2) is 0 Å². The lowest BCUT2D eigenvalue weighted by Crippen LogP contribution is -2.13. The molecule has 0 fully saturated rings. The van der Waals surface area contributed by atoms with E-state index in [2.05, 4.69) is 46.1 Å². The Morgan fingerprint density at radius 3 is 2.71 bits per heavy atom. The van der Waals surface area contributed by atoms with E-state index in [4.69, 9.17) is 4.74 Å². The molecule has 108 valence electrons. The summed E-state index contributed by atoms with van der Waals surface area (Å²) in [6.45, 7) is 4.19. The van der Waals surface area contributed by atoms with Crippen molar-refractivity contribution in [2.24, 2.45) is 0 Å². The van der Waals surface area contributed by atoms with Gasteiger partial charge in [0.05, 0.1) is 0 Å². The molecule has 0 amide bonds. The van der Waals surface area contributed by atoms with E-state index in [-0.39, 0.29) is 0 Å². The first kappa shape index (κ1) is 15.6. The molecule has 2 rings (SSSR count). The van der Waals surface area contributed by atoms with E-state index in [1.54, 1.807) is 0 Å². The molecule has 2 aromatic carbocycles. The molecule has 2 nitrogen and oxygen atoms in total. The highest BCUT2D eigenvalue weighted by Crippen LogP contribution is 2.23. The number of rotatable bonds is 5. The van der Waals surface area contributed by atoms with E-state index in [1.165, 1.54) is 0 Å². The topological polar surface area (TPSA) is 21.3 Å². The van der Waals surface area contributed by atoms with Crippen molar-refractivity contribution >= 4 is 15.9 Å². The zero-order chi connectivity index (χ0) is 14.9. The first-order chi connectivity index (χ1) is 10.3.